The van der Waals surface area contributed by atoms with Crippen LogP contribution in [0.4, 0.5) is 0 Å². The Morgan fingerprint density at radius 3 is 1.70 bits per heavy atom. The maximum Gasteiger partial charge on any atom is 0.466 e. The molecule has 0 radical (unpaired) electrons. The summed E-state index contributed by atoms with van der Waals surface area (Å²) in [6.07, 6.45) is 0. The predicted molar refractivity (Wildman–Crippen MR) is 78.1 cm³/mol. The highest BCUT2D eigenvalue weighted by atomic mass is 31.2. The van der Waals surface area contributed by atoms with Gasteiger partial charge in [0.2, 0.25) is 0 Å². The van der Waals surface area contributed by atoms with Crippen LogP contribution in [0.2, 0.25) is 13.1 Å². The summed E-state index contributed by atoms with van der Waals surface area (Å²) in [6.45, 7) is 9.32. The van der Waals surface area contributed by atoms with Crippen LogP contribution in [0.1, 0.15) is 13.8 Å². The Morgan fingerprint density at radius 1 is 0.900 bits per heavy atom. The van der Waals surface area contributed by atoms with Gasteiger partial charge in [0.1, 0.15) is 0 Å². The molecule has 0 atom stereocenters. The molecule has 0 saturated heterocycles. The van der Waals surface area contributed by atoms with Crippen molar-refractivity contribution in [3.8, 4) is 0 Å². The first kappa shape index (κ1) is 20.2. The van der Waals surface area contributed by atoms with E-state index in [1.165, 1.54) is 7.11 Å². The van der Waals surface area contributed by atoms with Crippen LogP contribution in [0, 0.1) is 0 Å². The highest BCUT2D eigenvalue weighted by Crippen LogP contribution is 2.51. The second-order valence-electron chi connectivity index (χ2n) is 4.20. The SMILES string of the molecule is CCOCCOP(=O)(OCCOCC)O[Si](C)(C)OC. The minimum absolute atomic E-state index is 0.133. The van der Waals surface area contributed by atoms with Gasteiger partial charge in [0.05, 0.1) is 26.4 Å². The molecule has 0 unspecified atom stereocenters. The van der Waals surface area contributed by atoms with E-state index in [1.807, 2.05) is 13.8 Å². The Balaban J connectivity index is 4.38. The molecule has 0 aromatic rings. The first-order chi connectivity index (χ1) is 9.39. The topological polar surface area (TPSA) is 72.5 Å². The van der Waals surface area contributed by atoms with Crippen molar-refractivity contribution in [2.24, 2.45) is 0 Å². The molecule has 7 nitrogen and oxygen atoms in total. The molecule has 0 amide bonds. The minimum Gasteiger partial charge on any atom is -0.398 e. The van der Waals surface area contributed by atoms with Crippen molar-refractivity contribution in [1.82, 2.24) is 0 Å². The molecule has 122 valence electrons. The first-order valence-corrected chi connectivity index (χ1v) is 11.0. The van der Waals surface area contributed by atoms with Crippen molar-refractivity contribution in [3.63, 3.8) is 0 Å². The molecule has 0 spiro atoms. The van der Waals surface area contributed by atoms with Crippen molar-refractivity contribution in [2.75, 3.05) is 46.8 Å². The van der Waals surface area contributed by atoms with Gasteiger partial charge in [-0.3, -0.25) is 9.05 Å². The molecule has 20 heavy (non-hydrogen) atoms. The third-order valence-corrected chi connectivity index (χ3v) is 6.82. The number of ether oxygens (including phenoxy) is 2. The van der Waals surface area contributed by atoms with E-state index in [-0.39, 0.29) is 13.2 Å². The van der Waals surface area contributed by atoms with Gasteiger partial charge in [-0.2, -0.15) is 0 Å². The molecule has 0 aliphatic carbocycles. The summed E-state index contributed by atoms with van der Waals surface area (Å²) in [6, 6.07) is 0. The third kappa shape index (κ3) is 10.0. The van der Waals surface area contributed by atoms with E-state index in [2.05, 4.69) is 0 Å². The van der Waals surface area contributed by atoms with Crippen molar-refractivity contribution < 1.29 is 31.7 Å². The lowest BCUT2D eigenvalue weighted by atomic mass is 10.8. The molecule has 0 heterocycles. The summed E-state index contributed by atoms with van der Waals surface area (Å²) in [5.74, 6) is 0. The van der Waals surface area contributed by atoms with E-state index in [9.17, 15) is 4.57 Å². The normalized spacial score (nSPS) is 12.8. The maximum absolute atomic E-state index is 12.5. The molecule has 0 bridgehead atoms. The Labute approximate surface area is 122 Å². The summed E-state index contributed by atoms with van der Waals surface area (Å²) in [7, 11) is -4.69. The summed E-state index contributed by atoms with van der Waals surface area (Å²) in [4.78, 5) is 0. The van der Waals surface area contributed by atoms with Gasteiger partial charge < -0.3 is 18.1 Å². The average Bonchev–Trinajstić information content (AvgIpc) is 2.40. The van der Waals surface area contributed by atoms with E-state index in [1.54, 1.807) is 13.1 Å². The average molecular weight is 330 g/mol. The zero-order chi connectivity index (χ0) is 15.5. The van der Waals surface area contributed by atoms with Gasteiger partial charge >= 0.3 is 16.4 Å². The lowest BCUT2D eigenvalue weighted by Crippen LogP contribution is -2.33. The zero-order valence-electron chi connectivity index (χ0n) is 13.0. The van der Waals surface area contributed by atoms with E-state index in [4.69, 9.17) is 27.2 Å². The fourth-order valence-electron chi connectivity index (χ4n) is 1.10. The molecule has 0 aromatic heterocycles. The van der Waals surface area contributed by atoms with Crippen molar-refractivity contribution in [2.45, 2.75) is 26.9 Å². The van der Waals surface area contributed by atoms with Gasteiger partial charge in [0.25, 0.3) is 0 Å². The van der Waals surface area contributed by atoms with Gasteiger partial charge in [0, 0.05) is 20.3 Å². The molecule has 9 heteroatoms. The largest absolute Gasteiger partial charge is 0.466 e. The fourth-order valence-corrected chi connectivity index (χ4v) is 4.65. The minimum atomic E-state index is -3.66. The molecular formula is C11H27O7PSi. The number of phosphoric ester groups is 1. The quantitative estimate of drug-likeness (QED) is 0.292. The summed E-state index contributed by atoms with van der Waals surface area (Å²) in [5, 5.41) is 0. The lowest BCUT2D eigenvalue weighted by molar-refractivity contribution is 0.0622. The van der Waals surface area contributed by atoms with E-state index in [0.717, 1.165) is 0 Å². The van der Waals surface area contributed by atoms with Crippen LogP contribution in [0.25, 0.3) is 0 Å². The molecule has 0 aliphatic heterocycles. The fraction of sp³-hybridized carbons (Fsp3) is 1.00. The summed E-state index contributed by atoms with van der Waals surface area (Å²) in [5.41, 5.74) is 0. The van der Waals surface area contributed by atoms with Gasteiger partial charge in [-0.25, -0.2) is 4.57 Å². The maximum atomic E-state index is 12.5. The Hall–Kier alpha value is 0.207. The highest BCUT2D eigenvalue weighted by Gasteiger charge is 2.37. The lowest BCUT2D eigenvalue weighted by Gasteiger charge is -2.26. The van der Waals surface area contributed by atoms with Crippen LogP contribution in [-0.4, -0.2) is 55.3 Å². The van der Waals surface area contributed by atoms with E-state index < -0.39 is 16.4 Å². The molecule has 0 aromatic carbocycles. The van der Waals surface area contributed by atoms with Crippen LogP contribution < -0.4 is 0 Å². The number of hydrogen-bond acceptors (Lipinski definition) is 7. The van der Waals surface area contributed by atoms with E-state index >= 15 is 0 Å². The van der Waals surface area contributed by atoms with Crippen LogP contribution >= 0.6 is 7.82 Å². The highest BCUT2D eigenvalue weighted by molar-refractivity contribution is 7.50. The Kier molecular flexibility index (Phi) is 11.0. The zero-order valence-corrected chi connectivity index (χ0v) is 14.9. The predicted octanol–water partition coefficient (Wildman–Crippen LogP) is 2.57. The van der Waals surface area contributed by atoms with Gasteiger partial charge in [-0.15, -0.1) is 0 Å². The van der Waals surface area contributed by atoms with Crippen molar-refractivity contribution in [1.29, 1.82) is 0 Å². The van der Waals surface area contributed by atoms with E-state index in [0.29, 0.717) is 26.4 Å². The van der Waals surface area contributed by atoms with Crippen molar-refractivity contribution >= 4 is 16.4 Å². The molecule has 0 aliphatic rings. The van der Waals surface area contributed by atoms with Crippen molar-refractivity contribution in [3.05, 3.63) is 0 Å². The monoisotopic (exact) mass is 330 g/mol. The molecule has 0 saturated carbocycles. The Bertz CT molecular complexity index is 272. The smallest absolute Gasteiger partial charge is 0.398 e. The molecule has 0 N–H and O–H groups in total. The molecule has 0 fully saturated rings. The summed E-state index contributed by atoms with van der Waals surface area (Å²) >= 11 is 0. The van der Waals surface area contributed by atoms with Gasteiger partial charge in [-0.1, -0.05) is 0 Å². The summed E-state index contributed by atoms with van der Waals surface area (Å²) < 4.78 is 43.9. The van der Waals surface area contributed by atoms with Crippen LogP contribution in [-0.2, 0) is 31.7 Å². The third-order valence-electron chi connectivity index (χ3n) is 2.19. The standard InChI is InChI=1S/C11H27O7PSi/c1-6-14-8-10-16-19(12,17-11-9-15-7-2)18-20(4,5)13-3/h6-11H2,1-5H3. The number of rotatable bonds is 13. The number of phosphoric acid groups is 1. The van der Waals surface area contributed by atoms with Gasteiger partial charge in [-0.05, 0) is 26.9 Å². The van der Waals surface area contributed by atoms with Crippen LogP contribution in [0.3, 0.4) is 0 Å². The van der Waals surface area contributed by atoms with Gasteiger partial charge in [0.15, 0.2) is 0 Å². The molecular weight excluding hydrogens is 303 g/mol. The second-order valence-corrected chi connectivity index (χ2v) is 9.55. The molecule has 0 rings (SSSR count). The van der Waals surface area contributed by atoms with Crippen LogP contribution in [0.5, 0.6) is 0 Å². The second kappa shape index (κ2) is 10.9. The van der Waals surface area contributed by atoms with Crippen LogP contribution in [0.15, 0.2) is 0 Å². The Morgan fingerprint density at radius 2 is 1.35 bits per heavy atom. The number of hydrogen-bond donors (Lipinski definition) is 0. The first-order valence-electron chi connectivity index (χ1n) is 6.69.